The smallest absolute Gasteiger partial charge is 0.230 e. The largest absolute Gasteiger partial charge is 0.377 e. The van der Waals surface area contributed by atoms with Crippen LogP contribution in [0.25, 0.3) is 0 Å². The van der Waals surface area contributed by atoms with Crippen LogP contribution in [0, 0.1) is 0 Å². The van der Waals surface area contributed by atoms with Gasteiger partial charge < -0.3 is 9.64 Å². The van der Waals surface area contributed by atoms with Gasteiger partial charge in [0, 0.05) is 18.5 Å². The minimum atomic E-state index is -0.194. The van der Waals surface area contributed by atoms with E-state index in [0.717, 1.165) is 5.56 Å². The summed E-state index contributed by atoms with van der Waals surface area (Å²) in [6.07, 6.45) is 0.298. The molecule has 1 amide bonds. The Morgan fingerprint density at radius 1 is 1.29 bits per heavy atom. The molecule has 4 nitrogen and oxygen atoms in total. The molecule has 1 fully saturated rings. The molecule has 2 aromatic rings. The molecular weight excluding hydrogens is 322 g/mol. The number of Topliss-reactive ketones (excluding diaryl/α,β-unsaturated/α-hetero) is 1. The van der Waals surface area contributed by atoms with Crippen LogP contribution in [0.3, 0.4) is 0 Å². The number of carbonyl (C=O) groups excluding carboxylic acids is 2. The van der Waals surface area contributed by atoms with E-state index in [1.165, 1.54) is 0 Å². The summed E-state index contributed by atoms with van der Waals surface area (Å²) in [5.74, 6) is -0.0710. The number of nitrogens with zero attached hydrogens (tertiary/aromatic N) is 1. The molecule has 1 aliphatic rings. The summed E-state index contributed by atoms with van der Waals surface area (Å²) in [6, 6.07) is 11.0. The lowest BCUT2D eigenvalue weighted by Crippen LogP contribution is -2.50. The Morgan fingerprint density at radius 2 is 2.08 bits per heavy atom. The Kier molecular flexibility index (Phi) is 5.43. The third kappa shape index (κ3) is 3.74. The average Bonchev–Trinajstić information content (AvgIpc) is 3.16. The van der Waals surface area contributed by atoms with E-state index in [1.807, 2.05) is 59.0 Å². The van der Waals surface area contributed by atoms with Crippen LogP contribution >= 0.6 is 11.3 Å². The van der Waals surface area contributed by atoms with E-state index in [0.29, 0.717) is 31.7 Å². The van der Waals surface area contributed by atoms with Crippen molar-refractivity contribution in [1.29, 1.82) is 0 Å². The van der Waals surface area contributed by atoms with Crippen molar-refractivity contribution < 1.29 is 14.3 Å². The zero-order valence-electron chi connectivity index (χ0n) is 13.7. The van der Waals surface area contributed by atoms with E-state index in [1.54, 1.807) is 11.3 Å². The summed E-state index contributed by atoms with van der Waals surface area (Å²) >= 11 is 1.59. The van der Waals surface area contributed by atoms with Gasteiger partial charge in [0.15, 0.2) is 5.78 Å². The fourth-order valence-electron chi connectivity index (χ4n) is 2.98. The number of morpholine rings is 1. The first-order valence-electron chi connectivity index (χ1n) is 8.15. The lowest BCUT2D eigenvalue weighted by atomic mass is 9.98. The van der Waals surface area contributed by atoms with Crippen LogP contribution < -0.4 is 0 Å². The standard InChI is InChI=1S/C19H21NO3S/c1-14(16-7-10-24-13-16)19(22)20-8-9-23-12-17(20)11-18(21)15-5-3-2-4-6-15/h2-7,10,13-14,17H,8-9,11-12H2,1H3/t14-,17+/m0/s1. The molecule has 1 saturated heterocycles. The van der Waals surface area contributed by atoms with Crippen LogP contribution in [0.2, 0.25) is 0 Å². The van der Waals surface area contributed by atoms with Crippen LogP contribution in [-0.4, -0.2) is 42.4 Å². The van der Waals surface area contributed by atoms with Crippen molar-refractivity contribution in [3.63, 3.8) is 0 Å². The SMILES string of the molecule is C[C@H](C(=O)N1CCOC[C@H]1CC(=O)c1ccccc1)c1ccsc1. The van der Waals surface area contributed by atoms with Crippen molar-refractivity contribution in [2.24, 2.45) is 0 Å². The molecule has 5 heteroatoms. The number of benzene rings is 1. The third-order valence-electron chi connectivity index (χ3n) is 4.44. The Hall–Kier alpha value is -1.98. The first kappa shape index (κ1) is 16.9. The highest BCUT2D eigenvalue weighted by Gasteiger charge is 2.32. The molecule has 0 unspecified atom stereocenters. The number of amides is 1. The minimum absolute atomic E-state index is 0.0482. The predicted octanol–water partition coefficient (Wildman–Crippen LogP) is 3.35. The highest BCUT2D eigenvalue weighted by molar-refractivity contribution is 7.08. The zero-order valence-corrected chi connectivity index (χ0v) is 14.5. The molecule has 0 radical (unpaired) electrons. The topological polar surface area (TPSA) is 46.6 Å². The van der Waals surface area contributed by atoms with Gasteiger partial charge in [0.1, 0.15) is 0 Å². The molecule has 0 spiro atoms. The van der Waals surface area contributed by atoms with Gasteiger partial charge in [-0.15, -0.1) is 0 Å². The number of ether oxygens (including phenoxy) is 1. The van der Waals surface area contributed by atoms with Gasteiger partial charge in [-0.3, -0.25) is 9.59 Å². The van der Waals surface area contributed by atoms with Gasteiger partial charge >= 0.3 is 0 Å². The highest BCUT2D eigenvalue weighted by Crippen LogP contribution is 2.24. The summed E-state index contributed by atoms with van der Waals surface area (Å²) in [4.78, 5) is 27.2. The monoisotopic (exact) mass is 343 g/mol. The number of thiophene rings is 1. The number of hydrogen-bond acceptors (Lipinski definition) is 4. The minimum Gasteiger partial charge on any atom is -0.377 e. The van der Waals surface area contributed by atoms with Crippen molar-refractivity contribution in [2.75, 3.05) is 19.8 Å². The Morgan fingerprint density at radius 3 is 2.79 bits per heavy atom. The van der Waals surface area contributed by atoms with Gasteiger partial charge in [-0.05, 0) is 29.3 Å². The maximum atomic E-state index is 12.9. The molecular formula is C19H21NO3S. The molecule has 2 heterocycles. The summed E-state index contributed by atoms with van der Waals surface area (Å²) in [5, 5.41) is 3.99. The maximum Gasteiger partial charge on any atom is 0.230 e. The van der Waals surface area contributed by atoms with E-state index in [2.05, 4.69) is 0 Å². The van der Waals surface area contributed by atoms with Crippen LogP contribution in [0.1, 0.15) is 35.2 Å². The van der Waals surface area contributed by atoms with E-state index < -0.39 is 0 Å². The van der Waals surface area contributed by atoms with Gasteiger partial charge in [-0.1, -0.05) is 30.3 Å². The first-order valence-corrected chi connectivity index (χ1v) is 9.09. The Bertz CT molecular complexity index is 684. The molecule has 1 aromatic carbocycles. The number of hydrogen-bond donors (Lipinski definition) is 0. The average molecular weight is 343 g/mol. The van der Waals surface area contributed by atoms with Crippen molar-refractivity contribution in [2.45, 2.75) is 25.3 Å². The van der Waals surface area contributed by atoms with Gasteiger partial charge in [-0.2, -0.15) is 11.3 Å². The molecule has 0 saturated carbocycles. The molecule has 0 bridgehead atoms. The summed E-state index contributed by atoms with van der Waals surface area (Å²) in [5.41, 5.74) is 1.71. The van der Waals surface area contributed by atoms with Crippen molar-refractivity contribution >= 4 is 23.0 Å². The number of rotatable bonds is 5. The van der Waals surface area contributed by atoms with Crippen LogP contribution in [0.4, 0.5) is 0 Å². The van der Waals surface area contributed by atoms with Gasteiger partial charge in [0.25, 0.3) is 0 Å². The summed E-state index contributed by atoms with van der Waals surface area (Å²) < 4.78 is 5.53. The molecule has 24 heavy (non-hydrogen) atoms. The maximum absolute atomic E-state index is 12.9. The van der Waals surface area contributed by atoms with Gasteiger partial charge in [0.2, 0.25) is 5.91 Å². The highest BCUT2D eigenvalue weighted by atomic mass is 32.1. The summed E-state index contributed by atoms with van der Waals surface area (Å²) in [7, 11) is 0. The normalized spacial score (nSPS) is 19.0. The lowest BCUT2D eigenvalue weighted by molar-refractivity contribution is -0.140. The Balaban J connectivity index is 1.71. The van der Waals surface area contributed by atoms with E-state index >= 15 is 0 Å². The van der Waals surface area contributed by atoms with E-state index in [-0.39, 0.29) is 23.7 Å². The van der Waals surface area contributed by atoms with Crippen molar-refractivity contribution in [3.8, 4) is 0 Å². The van der Waals surface area contributed by atoms with Crippen molar-refractivity contribution in [3.05, 3.63) is 58.3 Å². The summed E-state index contributed by atoms with van der Waals surface area (Å²) in [6.45, 7) is 3.41. The second-order valence-electron chi connectivity index (χ2n) is 6.03. The second-order valence-corrected chi connectivity index (χ2v) is 6.81. The molecule has 126 valence electrons. The molecule has 1 aliphatic heterocycles. The van der Waals surface area contributed by atoms with Gasteiger partial charge in [-0.25, -0.2) is 0 Å². The van der Waals surface area contributed by atoms with Crippen LogP contribution in [0.15, 0.2) is 47.2 Å². The van der Waals surface area contributed by atoms with Crippen LogP contribution in [0.5, 0.6) is 0 Å². The first-order chi connectivity index (χ1) is 11.7. The molecule has 3 rings (SSSR count). The number of ketones is 1. The molecule has 0 aliphatic carbocycles. The lowest BCUT2D eigenvalue weighted by Gasteiger charge is -2.37. The van der Waals surface area contributed by atoms with E-state index in [9.17, 15) is 9.59 Å². The second kappa shape index (κ2) is 7.73. The van der Waals surface area contributed by atoms with Crippen LogP contribution in [-0.2, 0) is 9.53 Å². The number of carbonyl (C=O) groups is 2. The fourth-order valence-corrected chi connectivity index (χ4v) is 3.74. The zero-order chi connectivity index (χ0) is 16.9. The Labute approximate surface area is 146 Å². The predicted molar refractivity (Wildman–Crippen MR) is 94.4 cm³/mol. The molecule has 1 aromatic heterocycles. The van der Waals surface area contributed by atoms with Crippen molar-refractivity contribution in [1.82, 2.24) is 4.90 Å². The van der Waals surface area contributed by atoms with Gasteiger partial charge in [0.05, 0.1) is 25.2 Å². The molecule has 2 atom stereocenters. The fraction of sp³-hybridized carbons (Fsp3) is 0.368. The quantitative estimate of drug-likeness (QED) is 0.782. The van der Waals surface area contributed by atoms with E-state index in [4.69, 9.17) is 4.74 Å². The third-order valence-corrected chi connectivity index (χ3v) is 5.14. The molecule has 0 N–H and O–H groups in total.